The summed E-state index contributed by atoms with van der Waals surface area (Å²) >= 11 is 0. The first-order chi connectivity index (χ1) is 7.54. The van der Waals surface area contributed by atoms with E-state index in [0.29, 0.717) is 12.8 Å². The minimum absolute atomic E-state index is 0.331. The second kappa shape index (κ2) is 7.57. The minimum atomic E-state index is -1.05. The van der Waals surface area contributed by atoms with Gasteiger partial charge in [0.1, 0.15) is 6.04 Å². The van der Waals surface area contributed by atoms with Crippen LogP contribution < -0.4 is 10.6 Å². The van der Waals surface area contributed by atoms with Crippen LogP contribution in [0.25, 0.3) is 0 Å². The summed E-state index contributed by atoms with van der Waals surface area (Å²) in [6, 6.07) is -1.76. The van der Waals surface area contributed by atoms with Crippen molar-refractivity contribution >= 4 is 12.0 Å². The summed E-state index contributed by atoms with van der Waals surface area (Å²) in [7, 11) is 0. The molecule has 1 unspecified atom stereocenters. The van der Waals surface area contributed by atoms with Crippen LogP contribution in [-0.2, 0) is 4.79 Å². The van der Waals surface area contributed by atoms with Crippen molar-refractivity contribution in [3.8, 4) is 12.3 Å². The number of nitrogens with one attached hydrogen (secondary N) is 2. The van der Waals surface area contributed by atoms with E-state index in [1.165, 1.54) is 0 Å². The quantitative estimate of drug-likeness (QED) is 0.590. The van der Waals surface area contributed by atoms with Gasteiger partial charge in [-0.3, -0.25) is 0 Å². The van der Waals surface area contributed by atoms with Gasteiger partial charge >= 0.3 is 12.0 Å². The maximum Gasteiger partial charge on any atom is 0.326 e. The Bertz CT molecular complexity index is 283. The standard InChI is InChI=1S/C11H18N2O3/c1-4-7-8(5-2)12-11(16)13-9(6-3)10(14)15/h2,8-9H,4,6-7H2,1,3H3,(H,14,15)(H2,12,13,16)/t8?,9-/m0/s1. The van der Waals surface area contributed by atoms with Crippen molar-refractivity contribution < 1.29 is 14.7 Å². The van der Waals surface area contributed by atoms with Gasteiger partial charge in [0.05, 0.1) is 6.04 Å². The second-order valence-electron chi connectivity index (χ2n) is 3.42. The van der Waals surface area contributed by atoms with Crippen LogP contribution >= 0.6 is 0 Å². The molecule has 90 valence electrons. The van der Waals surface area contributed by atoms with Crippen LogP contribution in [0.15, 0.2) is 0 Å². The highest BCUT2D eigenvalue weighted by Gasteiger charge is 2.18. The maximum atomic E-state index is 11.4. The number of urea groups is 1. The molecule has 0 bridgehead atoms. The van der Waals surface area contributed by atoms with Crippen molar-refractivity contribution in [3.63, 3.8) is 0 Å². The highest BCUT2D eigenvalue weighted by Crippen LogP contribution is 1.95. The maximum absolute atomic E-state index is 11.4. The SMILES string of the molecule is C#CC(CCC)NC(=O)N[C@@H](CC)C(=O)O. The predicted molar refractivity (Wildman–Crippen MR) is 60.9 cm³/mol. The third-order valence-corrected chi connectivity index (χ3v) is 2.10. The Morgan fingerprint density at radius 3 is 2.38 bits per heavy atom. The van der Waals surface area contributed by atoms with Gasteiger partial charge in [-0.05, 0) is 12.8 Å². The van der Waals surface area contributed by atoms with Crippen molar-refractivity contribution in [2.45, 2.75) is 45.2 Å². The third kappa shape index (κ3) is 5.25. The zero-order valence-electron chi connectivity index (χ0n) is 9.62. The van der Waals surface area contributed by atoms with E-state index >= 15 is 0 Å². The van der Waals surface area contributed by atoms with E-state index < -0.39 is 18.0 Å². The normalized spacial score (nSPS) is 13.3. The zero-order valence-corrected chi connectivity index (χ0v) is 9.62. The molecule has 0 saturated carbocycles. The highest BCUT2D eigenvalue weighted by molar-refractivity contribution is 5.82. The molecule has 16 heavy (non-hydrogen) atoms. The molecule has 0 aromatic rings. The van der Waals surface area contributed by atoms with Gasteiger partial charge < -0.3 is 15.7 Å². The topological polar surface area (TPSA) is 78.4 Å². The first kappa shape index (κ1) is 14.3. The molecule has 5 heteroatoms. The summed E-state index contributed by atoms with van der Waals surface area (Å²) in [6.07, 6.45) is 7.08. The lowest BCUT2D eigenvalue weighted by Crippen LogP contribution is -2.48. The molecule has 0 heterocycles. The summed E-state index contributed by atoms with van der Waals surface area (Å²) in [5, 5.41) is 13.6. The number of carbonyl (C=O) groups excluding carboxylic acids is 1. The minimum Gasteiger partial charge on any atom is -0.480 e. The molecule has 0 saturated heterocycles. The number of carboxylic acids is 1. The molecular weight excluding hydrogens is 208 g/mol. The van der Waals surface area contributed by atoms with Gasteiger partial charge in [0.2, 0.25) is 0 Å². The van der Waals surface area contributed by atoms with E-state index in [2.05, 4.69) is 16.6 Å². The molecule has 0 aliphatic carbocycles. The summed E-state index contributed by atoms with van der Waals surface area (Å²) in [6.45, 7) is 3.64. The number of aliphatic carboxylic acids is 1. The van der Waals surface area contributed by atoms with Gasteiger partial charge in [-0.2, -0.15) is 0 Å². The van der Waals surface area contributed by atoms with E-state index in [4.69, 9.17) is 11.5 Å². The number of hydrogen-bond donors (Lipinski definition) is 3. The molecular formula is C11H18N2O3. The van der Waals surface area contributed by atoms with Gasteiger partial charge in [0.25, 0.3) is 0 Å². The molecule has 0 aliphatic heterocycles. The summed E-state index contributed by atoms with van der Waals surface area (Å²) in [4.78, 5) is 22.0. The molecule has 3 N–H and O–H groups in total. The van der Waals surface area contributed by atoms with Gasteiger partial charge in [-0.1, -0.05) is 26.2 Å². The van der Waals surface area contributed by atoms with Crippen molar-refractivity contribution in [3.05, 3.63) is 0 Å². The second-order valence-corrected chi connectivity index (χ2v) is 3.42. The Morgan fingerprint density at radius 1 is 1.38 bits per heavy atom. The van der Waals surface area contributed by atoms with E-state index in [9.17, 15) is 9.59 Å². The third-order valence-electron chi connectivity index (χ3n) is 2.10. The number of carboxylic acid groups (broad SMARTS) is 1. The van der Waals surface area contributed by atoms with Crippen molar-refractivity contribution in [1.82, 2.24) is 10.6 Å². The summed E-state index contributed by atoms with van der Waals surface area (Å²) in [5.74, 6) is 1.38. The lowest BCUT2D eigenvalue weighted by atomic mass is 10.2. The van der Waals surface area contributed by atoms with Crippen LogP contribution in [0.4, 0.5) is 4.79 Å². The van der Waals surface area contributed by atoms with Crippen LogP contribution in [0, 0.1) is 12.3 Å². The molecule has 0 aliphatic rings. The molecule has 0 spiro atoms. The lowest BCUT2D eigenvalue weighted by Gasteiger charge is -2.16. The average molecular weight is 226 g/mol. The zero-order chi connectivity index (χ0) is 12.6. The smallest absolute Gasteiger partial charge is 0.326 e. The molecule has 2 amide bonds. The molecule has 0 fully saturated rings. The fraction of sp³-hybridized carbons (Fsp3) is 0.636. The number of terminal acetylenes is 1. The Balaban J connectivity index is 4.16. The number of hydrogen-bond acceptors (Lipinski definition) is 2. The number of amides is 2. The van der Waals surface area contributed by atoms with E-state index in [0.717, 1.165) is 6.42 Å². The van der Waals surface area contributed by atoms with E-state index in [-0.39, 0.29) is 6.04 Å². The Kier molecular flexibility index (Phi) is 6.77. The molecule has 0 aromatic carbocycles. The summed E-state index contributed by atoms with van der Waals surface area (Å²) in [5.41, 5.74) is 0. The average Bonchev–Trinajstić information content (AvgIpc) is 2.24. The highest BCUT2D eigenvalue weighted by atomic mass is 16.4. The van der Waals surface area contributed by atoms with Crippen LogP contribution in [0.5, 0.6) is 0 Å². The number of carbonyl (C=O) groups is 2. The van der Waals surface area contributed by atoms with Crippen LogP contribution in [-0.4, -0.2) is 29.2 Å². The van der Waals surface area contributed by atoms with Gasteiger partial charge in [-0.15, -0.1) is 6.42 Å². The van der Waals surface area contributed by atoms with Crippen LogP contribution in [0.1, 0.15) is 33.1 Å². The molecule has 0 aromatic heterocycles. The largest absolute Gasteiger partial charge is 0.480 e. The Hall–Kier alpha value is -1.70. The van der Waals surface area contributed by atoms with Crippen LogP contribution in [0.2, 0.25) is 0 Å². The van der Waals surface area contributed by atoms with E-state index in [1.54, 1.807) is 6.92 Å². The fourth-order valence-corrected chi connectivity index (χ4v) is 1.18. The first-order valence-electron chi connectivity index (χ1n) is 5.31. The van der Waals surface area contributed by atoms with Crippen molar-refractivity contribution in [2.24, 2.45) is 0 Å². The molecule has 2 atom stereocenters. The molecule has 0 rings (SSSR count). The number of rotatable bonds is 6. The monoisotopic (exact) mass is 226 g/mol. The fourth-order valence-electron chi connectivity index (χ4n) is 1.18. The van der Waals surface area contributed by atoms with Gasteiger partial charge in [-0.25, -0.2) is 9.59 Å². The Labute approximate surface area is 95.6 Å². The predicted octanol–water partition coefficient (Wildman–Crippen LogP) is 0.951. The van der Waals surface area contributed by atoms with Crippen LogP contribution in [0.3, 0.4) is 0 Å². The lowest BCUT2D eigenvalue weighted by molar-refractivity contribution is -0.139. The van der Waals surface area contributed by atoms with Crippen molar-refractivity contribution in [1.29, 1.82) is 0 Å². The first-order valence-corrected chi connectivity index (χ1v) is 5.31. The molecule has 5 nitrogen and oxygen atoms in total. The van der Waals surface area contributed by atoms with Gasteiger partial charge in [0.15, 0.2) is 0 Å². The van der Waals surface area contributed by atoms with E-state index in [1.807, 2.05) is 6.92 Å². The summed E-state index contributed by atoms with van der Waals surface area (Å²) < 4.78 is 0. The van der Waals surface area contributed by atoms with Crippen molar-refractivity contribution in [2.75, 3.05) is 0 Å². The molecule has 0 radical (unpaired) electrons. The van der Waals surface area contributed by atoms with Gasteiger partial charge in [0, 0.05) is 0 Å². The Morgan fingerprint density at radius 2 is 2.00 bits per heavy atom.